The van der Waals surface area contributed by atoms with Crippen molar-refractivity contribution >= 4 is 17.4 Å². The van der Waals surface area contributed by atoms with Gasteiger partial charge in [-0.3, -0.25) is 9.69 Å². The Morgan fingerprint density at radius 1 is 1.12 bits per heavy atom. The van der Waals surface area contributed by atoms with Crippen LogP contribution in [0.2, 0.25) is 0 Å². The number of likely N-dealkylation sites (tertiary alicyclic amines) is 1. The van der Waals surface area contributed by atoms with Crippen LogP contribution in [0.3, 0.4) is 0 Å². The maximum absolute atomic E-state index is 13.9. The van der Waals surface area contributed by atoms with Crippen molar-refractivity contribution in [1.82, 2.24) is 35.2 Å². The Labute approximate surface area is 200 Å². The highest BCUT2D eigenvalue weighted by atomic mass is 16.2. The van der Waals surface area contributed by atoms with Crippen LogP contribution >= 0.6 is 0 Å². The van der Waals surface area contributed by atoms with Gasteiger partial charge in [-0.25, -0.2) is 20.4 Å². The molecule has 0 bridgehead atoms. The van der Waals surface area contributed by atoms with Crippen molar-refractivity contribution in [2.45, 2.75) is 76.8 Å². The molecular weight excluding hydrogens is 430 g/mol. The van der Waals surface area contributed by atoms with Crippen LogP contribution in [0.15, 0.2) is 12.3 Å². The summed E-state index contributed by atoms with van der Waals surface area (Å²) in [5.74, 6) is 1.23. The van der Waals surface area contributed by atoms with Crippen LogP contribution in [-0.2, 0) is 4.79 Å². The number of nitrogens with two attached hydrogens (primary N) is 1. The highest BCUT2D eigenvalue weighted by molar-refractivity contribution is 5.80. The number of nitrogens with zero attached hydrogens (tertiary/aromatic N) is 6. The van der Waals surface area contributed by atoms with Gasteiger partial charge < -0.3 is 15.5 Å². The van der Waals surface area contributed by atoms with Crippen molar-refractivity contribution in [3.05, 3.63) is 23.5 Å². The Bertz CT molecular complexity index is 1070. The summed E-state index contributed by atoms with van der Waals surface area (Å²) in [6.07, 6.45) is 8.48. The number of anilines is 1. The highest BCUT2D eigenvalue weighted by Gasteiger charge is 2.44. The minimum Gasteiger partial charge on any atom is -0.355 e. The largest absolute Gasteiger partial charge is 0.355 e. The lowest BCUT2D eigenvalue weighted by Gasteiger charge is -2.42. The van der Waals surface area contributed by atoms with E-state index >= 15 is 0 Å². The number of carbonyl (C=O) groups is 1. The van der Waals surface area contributed by atoms with Crippen molar-refractivity contribution < 1.29 is 4.79 Å². The van der Waals surface area contributed by atoms with Gasteiger partial charge in [0.1, 0.15) is 5.82 Å². The van der Waals surface area contributed by atoms with Crippen LogP contribution in [0.1, 0.15) is 62.7 Å². The fraction of sp³-hybridized carbons (Fsp3) is 0.708. The van der Waals surface area contributed by atoms with E-state index in [0.29, 0.717) is 0 Å². The minimum absolute atomic E-state index is 0.00840. The predicted octanol–water partition coefficient (Wildman–Crippen LogP) is 1.12. The molecule has 0 radical (unpaired) electrons. The number of amides is 1. The van der Waals surface area contributed by atoms with Gasteiger partial charge >= 0.3 is 0 Å². The number of hydrogen-bond acceptors (Lipinski definition) is 8. The van der Waals surface area contributed by atoms with Crippen molar-refractivity contribution in [2.24, 2.45) is 11.7 Å². The third-order valence-corrected chi connectivity index (χ3v) is 8.20. The number of aromatic nitrogens is 3. The maximum atomic E-state index is 13.9. The summed E-state index contributed by atoms with van der Waals surface area (Å²) in [5, 5.41) is 4.91. The second-order valence-corrected chi connectivity index (χ2v) is 10.6. The molecule has 4 aliphatic rings. The molecule has 2 aromatic heterocycles. The second kappa shape index (κ2) is 8.75. The van der Waals surface area contributed by atoms with Gasteiger partial charge in [-0.05, 0) is 52.4 Å². The van der Waals surface area contributed by atoms with Crippen LogP contribution in [0.4, 0.5) is 5.82 Å². The van der Waals surface area contributed by atoms with Crippen molar-refractivity contribution in [3.63, 3.8) is 0 Å². The zero-order valence-corrected chi connectivity index (χ0v) is 20.3. The quantitative estimate of drug-likeness (QED) is 0.617. The Morgan fingerprint density at radius 3 is 2.82 bits per heavy atom. The fourth-order valence-corrected chi connectivity index (χ4v) is 6.39. The molecule has 4 saturated heterocycles. The Balaban J connectivity index is 1.27. The van der Waals surface area contributed by atoms with E-state index in [-0.39, 0.29) is 36.2 Å². The summed E-state index contributed by atoms with van der Waals surface area (Å²) in [7, 11) is 0. The van der Waals surface area contributed by atoms with Gasteiger partial charge in [-0.1, -0.05) is 0 Å². The summed E-state index contributed by atoms with van der Waals surface area (Å²) in [4.78, 5) is 25.6. The monoisotopic (exact) mass is 467 g/mol. The van der Waals surface area contributed by atoms with E-state index in [1.165, 1.54) is 0 Å². The summed E-state index contributed by atoms with van der Waals surface area (Å²) in [6, 6.07) is 2.30. The molecule has 184 valence electrons. The molecule has 1 amide bonds. The van der Waals surface area contributed by atoms with E-state index in [4.69, 9.17) is 15.8 Å². The highest BCUT2D eigenvalue weighted by Crippen LogP contribution is 2.35. The molecule has 10 heteroatoms. The topological polar surface area (TPSA) is 107 Å². The zero-order valence-electron chi connectivity index (χ0n) is 20.3. The first-order valence-corrected chi connectivity index (χ1v) is 12.9. The lowest BCUT2D eigenvalue weighted by molar-refractivity contribution is -0.143. The van der Waals surface area contributed by atoms with E-state index in [1.807, 2.05) is 4.52 Å². The molecule has 0 spiro atoms. The van der Waals surface area contributed by atoms with Gasteiger partial charge in [-0.15, -0.1) is 0 Å². The SMILES string of the molecule is Cc1cn2nc([C@@H]3CCCCN3C(=O)C3CCCN4C(C)NNC34)cc2nc1N1CC[C@H](N)C1. The lowest BCUT2D eigenvalue weighted by atomic mass is 9.90. The molecule has 6 heterocycles. The number of nitrogens with one attached hydrogen (secondary N) is 2. The first-order chi connectivity index (χ1) is 16.5. The number of carbonyl (C=O) groups excluding carboxylic acids is 1. The normalized spacial score (nSPS) is 32.5. The van der Waals surface area contributed by atoms with Crippen molar-refractivity contribution in [2.75, 3.05) is 31.1 Å². The average Bonchev–Trinajstić information content (AvgIpc) is 3.56. The predicted molar refractivity (Wildman–Crippen MR) is 130 cm³/mol. The van der Waals surface area contributed by atoms with E-state index < -0.39 is 0 Å². The van der Waals surface area contributed by atoms with Crippen LogP contribution in [0.25, 0.3) is 5.65 Å². The van der Waals surface area contributed by atoms with Gasteiger partial charge in [-0.2, -0.15) is 5.10 Å². The average molecular weight is 468 g/mol. The number of hydrazine groups is 1. The Kier molecular flexibility index (Phi) is 5.71. The van der Waals surface area contributed by atoms with Crippen molar-refractivity contribution in [3.8, 4) is 0 Å². The van der Waals surface area contributed by atoms with E-state index in [0.717, 1.165) is 87.4 Å². The molecule has 4 aliphatic heterocycles. The van der Waals surface area contributed by atoms with Gasteiger partial charge in [0.25, 0.3) is 0 Å². The molecule has 4 fully saturated rings. The molecule has 0 aromatic carbocycles. The van der Waals surface area contributed by atoms with E-state index in [1.54, 1.807) is 0 Å². The molecular formula is C24H37N9O. The molecule has 6 rings (SSSR count). The maximum Gasteiger partial charge on any atom is 0.229 e. The third-order valence-electron chi connectivity index (χ3n) is 8.20. The smallest absolute Gasteiger partial charge is 0.229 e. The van der Waals surface area contributed by atoms with E-state index in [9.17, 15) is 4.79 Å². The number of aryl methyl sites for hydroxylation is 1. The van der Waals surface area contributed by atoms with Gasteiger partial charge in [0.05, 0.1) is 30.0 Å². The second-order valence-electron chi connectivity index (χ2n) is 10.6. The first kappa shape index (κ1) is 22.2. The molecule has 4 N–H and O–H groups in total. The Morgan fingerprint density at radius 2 is 2.00 bits per heavy atom. The van der Waals surface area contributed by atoms with Gasteiger partial charge in [0.2, 0.25) is 5.91 Å². The molecule has 10 nitrogen and oxygen atoms in total. The standard InChI is InChI=1S/C24H37N9O/c1-15-13-33-21(26-22(15)30-11-8-17(25)14-30)12-19(29-33)20-7-3-4-9-32(20)24(34)18-6-5-10-31-16(2)27-28-23(18)31/h12-13,16-18,20,23,27-28H,3-11,14,25H2,1-2H3/t16?,17-,18?,20-,23?/m0/s1. The zero-order chi connectivity index (χ0) is 23.4. The molecule has 34 heavy (non-hydrogen) atoms. The van der Waals surface area contributed by atoms with Gasteiger partial charge in [0, 0.05) is 50.0 Å². The van der Waals surface area contributed by atoms with Crippen LogP contribution in [0.5, 0.6) is 0 Å². The van der Waals surface area contributed by atoms with E-state index in [2.05, 4.69) is 51.7 Å². The Hall–Kier alpha value is -2.27. The fourth-order valence-electron chi connectivity index (χ4n) is 6.39. The molecule has 0 aliphatic carbocycles. The van der Waals surface area contributed by atoms with Crippen LogP contribution in [0, 0.1) is 12.8 Å². The summed E-state index contributed by atoms with van der Waals surface area (Å²) in [6.45, 7) is 7.85. The molecule has 2 aromatic rings. The van der Waals surface area contributed by atoms with Crippen molar-refractivity contribution in [1.29, 1.82) is 0 Å². The minimum atomic E-state index is -0.0322. The number of rotatable bonds is 3. The summed E-state index contributed by atoms with van der Waals surface area (Å²) in [5.41, 5.74) is 15.7. The number of fused-ring (bicyclic) bond motifs is 2. The molecule has 5 atom stereocenters. The number of piperidine rings is 2. The molecule has 0 saturated carbocycles. The third kappa shape index (κ3) is 3.77. The van der Waals surface area contributed by atoms with Crippen LogP contribution in [-0.4, -0.2) is 74.9 Å². The molecule has 3 unspecified atom stereocenters. The summed E-state index contributed by atoms with van der Waals surface area (Å²) >= 11 is 0. The van der Waals surface area contributed by atoms with Crippen LogP contribution < -0.4 is 21.5 Å². The summed E-state index contributed by atoms with van der Waals surface area (Å²) < 4.78 is 1.88. The van der Waals surface area contributed by atoms with Gasteiger partial charge in [0.15, 0.2) is 5.65 Å². The first-order valence-electron chi connectivity index (χ1n) is 12.9. The lowest BCUT2D eigenvalue weighted by Crippen LogP contribution is -2.54. The number of hydrogen-bond donors (Lipinski definition) is 3.